The molecule has 2 aromatic carbocycles. The minimum Gasteiger partial charge on any atom is -0.383 e. The first kappa shape index (κ1) is 14.9. The molecule has 2 aromatic rings. The molecule has 0 amide bonds. The number of aryl methyl sites for hydroxylation is 1. The highest BCUT2D eigenvalue weighted by molar-refractivity contribution is 5.36. The normalized spacial score (nSPS) is 33.8. The quantitative estimate of drug-likeness (QED) is 0.911. The van der Waals surface area contributed by atoms with Gasteiger partial charge in [-0.3, -0.25) is 4.90 Å². The molecule has 2 saturated heterocycles. The van der Waals surface area contributed by atoms with Crippen LogP contribution in [-0.2, 0) is 5.60 Å². The van der Waals surface area contributed by atoms with Gasteiger partial charge in [-0.15, -0.1) is 0 Å². The van der Waals surface area contributed by atoms with Gasteiger partial charge in [-0.25, -0.2) is 0 Å². The molecule has 1 N–H and O–H groups in total. The third-order valence-corrected chi connectivity index (χ3v) is 6.10. The van der Waals surface area contributed by atoms with E-state index in [1.165, 1.54) is 17.5 Å². The van der Waals surface area contributed by atoms with Gasteiger partial charge >= 0.3 is 0 Å². The highest BCUT2D eigenvalue weighted by atomic mass is 16.3. The lowest BCUT2D eigenvalue weighted by Crippen LogP contribution is -2.56. The Morgan fingerprint density at radius 1 is 1.00 bits per heavy atom. The van der Waals surface area contributed by atoms with E-state index in [0.717, 1.165) is 18.4 Å². The number of hydrogen-bond acceptors (Lipinski definition) is 2. The second kappa shape index (κ2) is 5.47. The largest absolute Gasteiger partial charge is 0.383 e. The maximum absolute atomic E-state index is 11.9. The monoisotopic (exact) mass is 307 g/mol. The second-order valence-electron chi connectivity index (χ2n) is 7.30. The van der Waals surface area contributed by atoms with Crippen LogP contribution in [0, 0.1) is 6.92 Å². The molecule has 0 unspecified atom stereocenters. The Morgan fingerprint density at radius 3 is 2.39 bits per heavy atom. The summed E-state index contributed by atoms with van der Waals surface area (Å²) in [6.07, 6.45) is 3.30. The van der Waals surface area contributed by atoms with Crippen LogP contribution in [0.2, 0.25) is 0 Å². The summed E-state index contributed by atoms with van der Waals surface area (Å²) in [5, 5.41) is 11.9. The molecule has 2 bridgehead atoms. The van der Waals surface area contributed by atoms with E-state index < -0.39 is 5.60 Å². The van der Waals surface area contributed by atoms with Crippen molar-refractivity contribution in [3.63, 3.8) is 0 Å². The van der Waals surface area contributed by atoms with Gasteiger partial charge in [-0.2, -0.15) is 0 Å². The molecule has 0 spiro atoms. The molecule has 2 aliphatic heterocycles. The number of rotatable bonds is 2. The van der Waals surface area contributed by atoms with Crippen molar-refractivity contribution in [1.29, 1.82) is 0 Å². The van der Waals surface area contributed by atoms with Crippen LogP contribution in [0.4, 0.5) is 0 Å². The maximum Gasteiger partial charge on any atom is 0.112 e. The van der Waals surface area contributed by atoms with Crippen molar-refractivity contribution >= 4 is 0 Å². The predicted octanol–water partition coefficient (Wildman–Crippen LogP) is 3.83. The lowest BCUT2D eigenvalue weighted by molar-refractivity contribution is -0.0913. The first-order chi connectivity index (χ1) is 11.1. The zero-order valence-corrected chi connectivity index (χ0v) is 13.9. The van der Waals surface area contributed by atoms with E-state index in [0.29, 0.717) is 6.04 Å². The van der Waals surface area contributed by atoms with Crippen LogP contribution in [0.1, 0.15) is 41.9 Å². The molecule has 0 aromatic heterocycles. The Labute approximate surface area is 138 Å². The Morgan fingerprint density at radius 2 is 1.70 bits per heavy atom. The third kappa shape index (κ3) is 2.24. The smallest absolute Gasteiger partial charge is 0.112 e. The molecule has 0 radical (unpaired) electrons. The molecule has 120 valence electrons. The van der Waals surface area contributed by atoms with E-state index in [9.17, 15) is 5.11 Å². The lowest BCUT2D eigenvalue weighted by atomic mass is 9.69. The standard InChI is InChI=1S/C21H25NO/c1-15-8-10-16(11-9-15)19-14-18-12-13-20(22(18)2)21(19,23)17-6-4-3-5-7-17/h3-11,18-20,23H,12-14H2,1-2H3/t18-,19+,20+,21+/m0/s1. The molecule has 0 saturated carbocycles. The summed E-state index contributed by atoms with van der Waals surface area (Å²) in [6.45, 7) is 2.12. The SMILES string of the molecule is Cc1ccc([C@H]2C[C@@H]3CC[C@@H](N3C)[C@@]2(O)c2ccccc2)cc1. The Kier molecular flexibility index (Phi) is 3.55. The molecule has 2 fully saturated rings. The minimum absolute atomic E-state index is 0.166. The average Bonchev–Trinajstić information content (AvgIpc) is 2.86. The van der Waals surface area contributed by atoms with E-state index in [1.807, 2.05) is 18.2 Å². The highest BCUT2D eigenvalue weighted by Crippen LogP contribution is 2.53. The molecular weight excluding hydrogens is 282 g/mol. The summed E-state index contributed by atoms with van der Waals surface area (Å²) in [7, 11) is 2.18. The van der Waals surface area contributed by atoms with Crippen molar-refractivity contribution in [1.82, 2.24) is 4.90 Å². The van der Waals surface area contributed by atoms with Crippen molar-refractivity contribution in [3.05, 3.63) is 71.3 Å². The van der Waals surface area contributed by atoms with E-state index >= 15 is 0 Å². The van der Waals surface area contributed by atoms with Crippen LogP contribution in [0.3, 0.4) is 0 Å². The second-order valence-corrected chi connectivity index (χ2v) is 7.30. The van der Waals surface area contributed by atoms with Crippen molar-refractivity contribution in [3.8, 4) is 0 Å². The van der Waals surface area contributed by atoms with Crippen LogP contribution in [0.5, 0.6) is 0 Å². The number of benzene rings is 2. The third-order valence-electron chi connectivity index (χ3n) is 6.10. The van der Waals surface area contributed by atoms with Gasteiger partial charge in [0.1, 0.15) is 5.60 Å². The fourth-order valence-electron chi connectivity index (χ4n) is 4.80. The van der Waals surface area contributed by atoms with Crippen LogP contribution in [-0.4, -0.2) is 29.1 Å². The fraction of sp³-hybridized carbons (Fsp3) is 0.429. The van der Waals surface area contributed by atoms with Gasteiger partial charge in [-0.05, 0) is 44.4 Å². The lowest BCUT2D eigenvalue weighted by Gasteiger charge is -2.50. The molecule has 2 heterocycles. The fourth-order valence-corrected chi connectivity index (χ4v) is 4.80. The summed E-state index contributed by atoms with van der Waals surface area (Å²) in [4.78, 5) is 2.41. The number of hydrogen-bond donors (Lipinski definition) is 1. The van der Waals surface area contributed by atoms with Gasteiger partial charge in [0.15, 0.2) is 0 Å². The Bertz CT molecular complexity index is 681. The summed E-state index contributed by atoms with van der Waals surface area (Å²) >= 11 is 0. The van der Waals surface area contributed by atoms with Gasteiger partial charge in [0.05, 0.1) is 0 Å². The first-order valence-corrected chi connectivity index (χ1v) is 8.67. The van der Waals surface area contributed by atoms with Crippen molar-refractivity contribution < 1.29 is 5.11 Å². The number of piperidine rings is 1. The molecule has 23 heavy (non-hydrogen) atoms. The van der Waals surface area contributed by atoms with Crippen molar-refractivity contribution in [2.75, 3.05) is 7.05 Å². The minimum atomic E-state index is -0.807. The highest BCUT2D eigenvalue weighted by Gasteiger charge is 2.55. The predicted molar refractivity (Wildman–Crippen MR) is 93.4 cm³/mol. The van der Waals surface area contributed by atoms with E-state index in [2.05, 4.69) is 55.3 Å². The van der Waals surface area contributed by atoms with Gasteiger partial charge in [-0.1, -0.05) is 60.2 Å². The topological polar surface area (TPSA) is 23.5 Å². The van der Waals surface area contributed by atoms with Crippen molar-refractivity contribution in [2.45, 2.75) is 49.8 Å². The van der Waals surface area contributed by atoms with Gasteiger partial charge in [0.25, 0.3) is 0 Å². The van der Waals surface area contributed by atoms with Crippen LogP contribution in [0.15, 0.2) is 54.6 Å². The molecular formula is C21H25NO. The first-order valence-electron chi connectivity index (χ1n) is 8.67. The van der Waals surface area contributed by atoms with E-state index in [1.54, 1.807) is 0 Å². The molecule has 4 atom stereocenters. The summed E-state index contributed by atoms with van der Waals surface area (Å²) < 4.78 is 0. The Balaban J connectivity index is 1.84. The molecule has 2 heteroatoms. The van der Waals surface area contributed by atoms with E-state index in [4.69, 9.17) is 0 Å². The zero-order chi connectivity index (χ0) is 16.0. The summed E-state index contributed by atoms with van der Waals surface area (Å²) in [6, 6.07) is 19.8. The van der Waals surface area contributed by atoms with Crippen LogP contribution in [0.25, 0.3) is 0 Å². The molecule has 4 rings (SSSR count). The Hall–Kier alpha value is -1.64. The van der Waals surface area contributed by atoms with E-state index in [-0.39, 0.29) is 12.0 Å². The molecule has 2 nitrogen and oxygen atoms in total. The maximum atomic E-state index is 11.9. The van der Waals surface area contributed by atoms with Crippen LogP contribution < -0.4 is 0 Å². The zero-order valence-electron chi connectivity index (χ0n) is 13.9. The number of likely N-dealkylation sites (N-methyl/N-ethyl adjacent to an activating group) is 1. The van der Waals surface area contributed by atoms with Gasteiger partial charge in [0.2, 0.25) is 0 Å². The molecule has 2 aliphatic rings. The van der Waals surface area contributed by atoms with Gasteiger partial charge < -0.3 is 5.11 Å². The van der Waals surface area contributed by atoms with Gasteiger partial charge in [0, 0.05) is 18.0 Å². The van der Waals surface area contributed by atoms with Crippen molar-refractivity contribution in [2.24, 2.45) is 0 Å². The number of aliphatic hydroxyl groups is 1. The average molecular weight is 307 g/mol. The van der Waals surface area contributed by atoms with Crippen LogP contribution >= 0.6 is 0 Å². The number of nitrogens with zero attached hydrogens (tertiary/aromatic N) is 1. The summed E-state index contributed by atoms with van der Waals surface area (Å²) in [5.41, 5.74) is 2.79. The molecule has 0 aliphatic carbocycles. The number of fused-ring (bicyclic) bond motifs is 2. The summed E-state index contributed by atoms with van der Waals surface area (Å²) in [5.74, 6) is 0.166.